The molecule has 1 rings (SSSR count). The second kappa shape index (κ2) is 5.74. The van der Waals surface area contributed by atoms with Crippen molar-refractivity contribution in [2.45, 2.75) is 18.4 Å². The minimum atomic E-state index is -4.61. The first-order valence-electron chi connectivity index (χ1n) is 4.65. The van der Waals surface area contributed by atoms with E-state index in [4.69, 9.17) is 4.74 Å². The van der Waals surface area contributed by atoms with Gasteiger partial charge >= 0.3 is 6.18 Å². The summed E-state index contributed by atoms with van der Waals surface area (Å²) in [5.74, 6) is -0.480. The number of hydrogen-bond acceptors (Lipinski definition) is 4. The fourth-order valence-corrected chi connectivity index (χ4v) is 1.40. The van der Waals surface area contributed by atoms with Crippen LogP contribution in [0.4, 0.5) is 13.2 Å². The Morgan fingerprint density at radius 1 is 1.38 bits per heavy atom. The van der Waals surface area contributed by atoms with Crippen LogP contribution < -0.4 is 5.32 Å². The van der Waals surface area contributed by atoms with Crippen LogP contribution in [0.2, 0.25) is 0 Å². The first kappa shape index (κ1) is 13.6. The lowest BCUT2D eigenvalue weighted by molar-refractivity contribution is -0.272. The van der Waals surface area contributed by atoms with Crippen molar-refractivity contribution in [3.8, 4) is 0 Å². The molecule has 1 amide bonds. The molecule has 0 spiro atoms. The lowest BCUT2D eigenvalue weighted by Gasteiger charge is -2.32. The molecule has 16 heavy (non-hydrogen) atoms. The summed E-state index contributed by atoms with van der Waals surface area (Å²) in [6.45, 7) is -0.00154. The molecule has 0 saturated carbocycles. The van der Waals surface area contributed by atoms with Crippen LogP contribution in [0.3, 0.4) is 0 Å². The van der Waals surface area contributed by atoms with Gasteiger partial charge in [0.25, 0.3) is 5.91 Å². The summed E-state index contributed by atoms with van der Waals surface area (Å²) in [5, 5.41) is 2.28. The Bertz CT molecular complexity index is 249. The molecule has 4 nitrogen and oxygen atoms in total. The van der Waals surface area contributed by atoms with Gasteiger partial charge in [0.05, 0.1) is 13.2 Å². The van der Waals surface area contributed by atoms with Crippen LogP contribution in [0.1, 0.15) is 0 Å². The van der Waals surface area contributed by atoms with E-state index >= 15 is 0 Å². The normalized spacial score (nSPS) is 26.5. The Morgan fingerprint density at radius 2 is 2.00 bits per heavy atom. The van der Waals surface area contributed by atoms with Gasteiger partial charge in [-0.1, -0.05) is 0 Å². The topological polar surface area (TPSA) is 47.6 Å². The van der Waals surface area contributed by atoms with Gasteiger partial charge in [-0.15, -0.1) is 0 Å². The third-order valence-corrected chi connectivity index (χ3v) is 2.17. The van der Waals surface area contributed by atoms with Crippen molar-refractivity contribution >= 4 is 18.5 Å². The average molecular weight is 259 g/mol. The van der Waals surface area contributed by atoms with Crippen LogP contribution in [0, 0.1) is 0 Å². The Morgan fingerprint density at radius 3 is 2.56 bits per heavy atom. The summed E-state index contributed by atoms with van der Waals surface area (Å²) in [7, 11) is 0. The summed E-state index contributed by atoms with van der Waals surface area (Å²) < 4.78 is 46.7. The Hall–Kier alpha value is -0.470. The number of nitrogens with one attached hydrogen (secondary N) is 1. The maximum Gasteiger partial charge on any atom is 0.417 e. The molecular weight excluding hydrogens is 247 g/mol. The van der Waals surface area contributed by atoms with Gasteiger partial charge in [0.2, 0.25) is 0 Å². The fraction of sp³-hybridized carbons (Fsp3) is 0.875. The van der Waals surface area contributed by atoms with Crippen molar-refractivity contribution in [3.05, 3.63) is 0 Å². The number of rotatable bonds is 3. The number of hydrogen-bond donors (Lipinski definition) is 2. The van der Waals surface area contributed by atoms with E-state index in [9.17, 15) is 18.0 Å². The van der Waals surface area contributed by atoms with E-state index in [0.717, 1.165) is 0 Å². The number of carbonyl (C=O) groups excluding carboxylic acids is 1. The van der Waals surface area contributed by atoms with Gasteiger partial charge < -0.3 is 14.8 Å². The monoisotopic (exact) mass is 259 g/mol. The first-order chi connectivity index (χ1) is 7.46. The van der Waals surface area contributed by atoms with E-state index in [1.54, 1.807) is 0 Å². The largest absolute Gasteiger partial charge is 0.417 e. The summed E-state index contributed by atoms with van der Waals surface area (Å²) in [5.41, 5.74) is 0. The predicted molar refractivity (Wildman–Crippen MR) is 52.4 cm³/mol. The van der Waals surface area contributed by atoms with Crippen LogP contribution >= 0.6 is 12.6 Å². The van der Waals surface area contributed by atoms with Gasteiger partial charge in [-0.3, -0.25) is 4.79 Å². The maximum absolute atomic E-state index is 12.5. The maximum atomic E-state index is 12.5. The van der Waals surface area contributed by atoms with Gasteiger partial charge in [0, 0.05) is 12.3 Å². The second-order valence-electron chi connectivity index (χ2n) is 3.14. The van der Waals surface area contributed by atoms with E-state index in [-0.39, 0.29) is 19.8 Å². The van der Waals surface area contributed by atoms with E-state index in [0.29, 0.717) is 5.75 Å². The molecular formula is C8H12F3NO3S. The molecule has 0 aromatic carbocycles. The minimum absolute atomic E-state index is 0.0223. The molecule has 1 saturated heterocycles. The number of carbonyl (C=O) groups is 1. The molecule has 0 aliphatic carbocycles. The third-order valence-electron chi connectivity index (χ3n) is 1.95. The zero-order chi connectivity index (χ0) is 12.2. The van der Waals surface area contributed by atoms with E-state index < -0.39 is 24.3 Å². The van der Waals surface area contributed by atoms with Crippen LogP contribution in [0.15, 0.2) is 0 Å². The quantitative estimate of drug-likeness (QED) is 0.720. The van der Waals surface area contributed by atoms with Crippen molar-refractivity contribution in [1.29, 1.82) is 0 Å². The van der Waals surface area contributed by atoms with Gasteiger partial charge in [0.15, 0.2) is 12.2 Å². The van der Waals surface area contributed by atoms with Gasteiger partial charge in [-0.2, -0.15) is 25.8 Å². The molecule has 0 bridgehead atoms. The molecule has 1 aliphatic heterocycles. The highest BCUT2D eigenvalue weighted by Gasteiger charge is 2.50. The molecule has 0 aromatic rings. The lowest BCUT2D eigenvalue weighted by Crippen LogP contribution is -2.54. The molecule has 1 N–H and O–H groups in total. The number of amides is 1. The van der Waals surface area contributed by atoms with Crippen molar-refractivity contribution in [3.63, 3.8) is 0 Å². The van der Waals surface area contributed by atoms with Crippen LogP contribution in [-0.2, 0) is 14.3 Å². The van der Waals surface area contributed by atoms with Crippen molar-refractivity contribution in [2.24, 2.45) is 0 Å². The molecule has 1 heterocycles. The molecule has 2 atom stereocenters. The van der Waals surface area contributed by atoms with Gasteiger partial charge in [-0.05, 0) is 0 Å². The Kier molecular flexibility index (Phi) is 4.88. The van der Waals surface area contributed by atoms with Crippen molar-refractivity contribution in [2.75, 3.05) is 25.5 Å². The zero-order valence-corrected chi connectivity index (χ0v) is 9.18. The number of thiol groups is 1. The Balaban J connectivity index is 2.63. The molecule has 1 fully saturated rings. The molecule has 0 radical (unpaired) electrons. The number of ether oxygens (including phenoxy) is 2. The summed E-state index contributed by atoms with van der Waals surface area (Å²) >= 11 is 3.83. The molecule has 94 valence electrons. The zero-order valence-electron chi connectivity index (χ0n) is 8.29. The van der Waals surface area contributed by atoms with Crippen molar-refractivity contribution < 1.29 is 27.4 Å². The van der Waals surface area contributed by atoms with Gasteiger partial charge in [-0.25, -0.2) is 0 Å². The van der Waals surface area contributed by atoms with E-state index in [2.05, 4.69) is 22.7 Å². The van der Waals surface area contributed by atoms with Crippen LogP contribution in [-0.4, -0.2) is 49.8 Å². The summed E-state index contributed by atoms with van der Waals surface area (Å²) in [4.78, 5) is 11.4. The highest BCUT2D eigenvalue weighted by atomic mass is 32.1. The summed E-state index contributed by atoms with van der Waals surface area (Å²) in [6.07, 6.45) is -8.43. The average Bonchev–Trinajstić information content (AvgIpc) is 2.24. The first-order valence-corrected chi connectivity index (χ1v) is 5.28. The van der Waals surface area contributed by atoms with E-state index in [1.165, 1.54) is 0 Å². The smallest absolute Gasteiger partial charge is 0.363 e. The predicted octanol–water partition coefficient (Wildman–Crippen LogP) is 0.379. The highest BCUT2D eigenvalue weighted by molar-refractivity contribution is 7.80. The van der Waals surface area contributed by atoms with Gasteiger partial charge in [0.1, 0.15) is 0 Å². The fourth-order valence-electron chi connectivity index (χ4n) is 1.28. The minimum Gasteiger partial charge on any atom is -0.363 e. The highest BCUT2D eigenvalue weighted by Crippen LogP contribution is 2.28. The number of halogens is 3. The lowest BCUT2D eigenvalue weighted by atomic mass is 10.1. The summed E-state index contributed by atoms with van der Waals surface area (Å²) in [6, 6.07) is 0. The van der Waals surface area contributed by atoms with Crippen LogP contribution in [0.5, 0.6) is 0 Å². The van der Waals surface area contributed by atoms with Crippen LogP contribution in [0.25, 0.3) is 0 Å². The van der Waals surface area contributed by atoms with Crippen molar-refractivity contribution in [1.82, 2.24) is 5.32 Å². The molecule has 1 aliphatic rings. The Labute approximate surface area is 95.9 Å². The molecule has 0 unspecified atom stereocenters. The standard InChI is InChI=1S/C8H12F3NO3S/c9-8(10,11)6-5(14-2-3-15-6)7(13)12-1-4-16/h5-6,16H,1-4H2,(H,12,13)/t5-,6+/m1/s1. The molecule has 0 aromatic heterocycles. The SMILES string of the molecule is O=C(NCCS)[C@@H]1OCCO[C@@H]1C(F)(F)F. The second-order valence-corrected chi connectivity index (χ2v) is 3.59. The number of alkyl halides is 3. The van der Waals surface area contributed by atoms with E-state index in [1.807, 2.05) is 0 Å². The third kappa shape index (κ3) is 3.53. The molecule has 8 heteroatoms.